The van der Waals surface area contributed by atoms with Crippen molar-refractivity contribution in [3.05, 3.63) is 36.1 Å². The number of carbonyl (C=O) groups is 1. The van der Waals surface area contributed by atoms with Gasteiger partial charge in [0.25, 0.3) is 0 Å². The van der Waals surface area contributed by atoms with Gasteiger partial charge in [-0.2, -0.15) is 0 Å². The average Bonchev–Trinajstić information content (AvgIpc) is 2.91. The summed E-state index contributed by atoms with van der Waals surface area (Å²) in [5.41, 5.74) is 0.834. The van der Waals surface area contributed by atoms with Gasteiger partial charge in [0.2, 0.25) is 5.91 Å². The number of hydrogen-bond donors (Lipinski definition) is 2. The minimum Gasteiger partial charge on any atom is -0.459 e. The highest BCUT2D eigenvalue weighted by Crippen LogP contribution is 2.23. The molecule has 1 unspecified atom stereocenters. The lowest BCUT2D eigenvalue weighted by molar-refractivity contribution is -0.129. The summed E-state index contributed by atoms with van der Waals surface area (Å²) in [5, 5.41) is 7.21. The number of furan rings is 1. The van der Waals surface area contributed by atoms with Crippen LogP contribution in [0.25, 0.3) is 11.0 Å². The maximum absolute atomic E-state index is 12.3. The van der Waals surface area contributed by atoms with Crippen LogP contribution in [0.15, 0.2) is 34.7 Å². The summed E-state index contributed by atoms with van der Waals surface area (Å²) >= 11 is 0. The summed E-state index contributed by atoms with van der Waals surface area (Å²) in [6, 6.07) is 9.29. The van der Waals surface area contributed by atoms with Crippen molar-refractivity contribution in [3.63, 3.8) is 0 Å². The van der Waals surface area contributed by atoms with E-state index < -0.39 is 0 Å². The van der Waals surface area contributed by atoms with Gasteiger partial charge >= 0.3 is 0 Å². The second-order valence-corrected chi connectivity index (χ2v) is 5.42. The summed E-state index contributed by atoms with van der Waals surface area (Å²) in [6.07, 6.45) is -0.123. The maximum Gasteiger partial charge on any atom is 0.240 e. The number of carbonyl (C=O) groups excluding carboxylic acids is 1. The molecular weight excluding hydrogens is 304 g/mol. The van der Waals surface area contributed by atoms with Crippen LogP contribution in [0, 0.1) is 0 Å². The molecule has 1 aliphatic rings. The Kier molecular flexibility index (Phi) is 5.45. The summed E-state index contributed by atoms with van der Waals surface area (Å²) in [6.45, 7) is 5.16. The van der Waals surface area contributed by atoms with E-state index in [0.717, 1.165) is 16.7 Å². The highest BCUT2D eigenvalue weighted by atomic mass is 35.5. The molecule has 3 rings (SSSR count). The van der Waals surface area contributed by atoms with Gasteiger partial charge < -0.3 is 19.8 Å². The lowest BCUT2D eigenvalue weighted by atomic mass is 10.1. The Morgan fingerprint density at radius 2 is 2.18 bits per heavy atom. The Hall–Kier alpha value is -1.56. The number of rotatable bonds is 3. The molecule has 1 amide bonds. The molecule has 3 atom stereocenters. The van der Waals surface area contributed by atoms with Crippen LogP contribution in [0.1, 0.15) is 25.6 Å². The zero-order valence-corrected chi connectivity index (χ0v) is 13.5. The average molecular weight is 325 g/mol. The monoisotopic (exact) mass is 324 g/mol. The van der Waals surface area contributed by atoms with Gasteiger partial charge in [-0.3, -0.25) is 4.79 Å². The first-order valence-electron chi connectivity index (χ1n) is 7.29. The maximum atomic E-state index is 12.3. The fraction of sp³-hybridized carbons (Fsp3) is 0.438. The van der Waals surface area contributed by atoms with Crippen molar-refractivity contribution in [3.8, 4) is 0 Å². The predicted molar refractivity (Wildman–Crippen MR) is 87.2 cm³/mol. The minimum atomic E-state index is -0.314. The second kappa shape index (κ2) is 7.13. The number of fused-ring (bicyclic) bond motifs is 1. The predicted octanol–water partition coefficient (Wildman–Crippen LogP) is 2.41. The normalized spacial score (nSPS) is 22.8. The zero-order chi connectivity index (χ0) is 14.8. The lowest BCUT2D eigenvalue weighted by Crippen LogP contribution is -2.55. The highest BCUT2D eigenvalue weighted by molar-refractivity contribution is 5.85. The van der Waals surface area contributed by atoms with E-state index in [0.29, 0.717) is 13.2 Å². The van der Waals surface area contributed by atoms with E-state index in [2.05, 4.69) is 10.6 Å². The topological polar surface area (TPSA) is 63.5 Å². The number of ether oxygens (including phenoxy) is 1. The smallest absolute Gasteiger partial charge is 0.240 e. The van der Waals surface area contributed by atoms with E-state index >= 15 is 0 Å². The molecule has 0 saturated carbocycles. The Morgan fingerprint density at radius 3 is 2.91 bits per heavy atom. The molecule has 2 N–H and O–H groups in total. The third-order valence-electron chi connectivity index (χ3n) is 3.83. The van der Waals surface area contributed by atoms with Crippen LogP contribution in [0.2, 0.25) is 0 Å². The number of hydrogen-bond acceptors (Lipinski definition) is 4. The number of para-hydroxylation sites is 1. The largest absolute Gasteiger partial charge is 0.459 e. The Labute approximate surface area is 135 Å². The minimum absolute atomic E-state index is 0. The number of benzene rings is 1. The second-order valence-electron chi connectivity index (χ2n) is 5.42. The highest BCUT2D eigenvalue weighted by Gasteiger charge is 2.29. The first kappa shape index (κ1) is 16.8. The van der Waals surface area contributed by atoms with Gasteiger partial charge in [-0.25, -0.2) is 0 Å². The fourth-order valence-electron chi connectivity index (χ4n) is 2.62. The molecule has 1 fully saturated rings. The Bertz CT molecular complexity index is 610. The van der Waals surface area contributed by atoms with Crippen molar-refractivity contribution in [2.24, 2.45) is 0 Å². The SMILES string of the molecule is CC(NC(=O)[C@H]1NCCO[C@@H]1C)c1cc2ccccc2o1.Cl. The number of nitrogens with one attached hydrogen (secondary N) is 2. The number of halogens is 1. The lowest BCUT2D eigenvalue weighted by Gasteiger charge is -2.30. The van der Waals surface area contributed by atoms with Gasteiger partial charge in [-0.1, -0.05) is 18.2 Å². The van der Waals surface area contributed by atoms with E-state index in [1.165, 1.54) is 0 Å². The summed E-state index contributed by atoms with van der Waals surface area (Å²) < 4.78 is 11.3. The zero-order valence-electron chi connectivity index (χ0n) is 12.7. The molecule has 0 bridgehead atoms. The van der Waals surface area contributed by atoms with Crippen LogP contribution >= 0.6 is 12.4 Å². The number of amides is 1. The van der Waals surface area contributed by atoms with E-state index in [1.54, 1.807) is 0 Å². The van der Waals surface area contributed by atoms with Crippen LogP contribution < -0.4 is 10.6 Å². The van der Waals surface area contributed by atoms with Crippen molar-refractivity contribution in [2.45, 2.75) is 32.0 Å². The van der Waals surface area contributed by atoms with E-state index in [-0.39, 0.29) is 36.5 Å². The van der Waals surface area contributed by atoms with Gasteiger partial charge in [-0.15, -0.1) is 12.4 Å². The molecule has 1 aromatic carbocycles. The van der Waals surface area contributed by atoms with Crippen molar-refractivity contribution in [2.75, 3.05) is 13.2 Å². The quantitative estimate of drug-likeness (QED) is 0.910. The summed E-state index contributed by atoms with van der Waals surface area (Å²) in [7, 11) is 0. The molecule has 1 aliphatic heterocycles. The molecular formula is C16H21ClN2O3. The molecule has 120 valence electrons. The molecule has 5 nitrogen and oxygen atoms in total. The third-order valence-corrected chi connectivity index (χ3v) is 3.83. The molecule has 22 heavy (non-hydrogen) atoms. The molecule has 1 aromatic heterocycles. The Morgan fingerprint density at radius 1 is 1.41 bits per heavy atom. The van der Waals surface area contributed by atoms with E-state index in [9.17, 15) is 4.79 Å². The van der Waals surface area contributed by atoms with Crippen LogP contribution in [0.4, 0.5) is 0 Å². The van der Waals surface area contributed by atoms with Crippen molar-refractivity contribution >= 4 is 29.3 Å². The summed E-state index contributed by atoms with van der Waals surface area (Å²) in [5.74, 6) is 0.698. The fourth-order valence-corrected chi connectivity index (χ4v) is 2.62. The van der Waals surface area contributed by atoms with Gasteiger partial charge in [0.1, 0.15) is 17.4 Å². The first-order chi connectivity index (χ1) is 10.1. The molecule has 2 heterocycles. The van der Waals surface area contributed by atoms with Crippen LogP contribution in [-0.2, 0) is 9.53 Å². The molecule has 6 heteroatoms. The number of morpholine rings is 1. The Balaban J connectivity index is 0.00000176. The van der Waals surface area contributed by atoms with Crippen molar-refractivity contribution in [1.29, 1.82) is 0 Å². The van der Waals surface area contributed by atoms with Gasteiger partial charge in [0, 0.05) is 11.9 Å². The van der Waals surface area contributed by atoms with Crippen LogP contribution in [-0.4, -0.2) is 31.2 Å². The molecule has 1 saturated heterocycles. The standard InChI is InChI=1S/C16H20N2O3.ClH/c1-10(14-9-12-5-3-4-6-13(12)21-14)18-16(19)15-11(2)20-8-7-17-15;/h3-6,9-11,15,17H,7-8H2,1-2H3,(H,18,19);1H/t10?,11-,15+;/m1./s1. The van der Waals surface area contributed by atoms with Crippen molar-refractivity contribution < 1.29 is 13.9 Å². The third kappa shape index (κ3) is 3.43. The molecule has 0 spiro atoms. The van der Waals surface area contributed by atoms with Crippen LogP contribution in [0.3, 0.4) is 0 Å². The molecule has 2 aromatic rings. The van der Waals surface area contributed by atoms with Gasteiger partial charge in [-0.05, 0) is 26.0 Å². The molecule has 0 aliphatic carbocycles. The van der Waals surface area contributed by atoms with Gasteiger partial charge in [0.05, 0.1) is 18.8 Å². The molecule has 0 radical (unpaired) electrons. The summed E-state index contributed by atoms with van der Waals surface area (Å²) in [4.78, 5) is 12.3. The van der Waals surface area contributed by atoms with E-state index in [4.69, 9.17) is 9.15 Å². The van der Waals surface area contributed by atoms with Crippen molar-refractivity contribution in [1.82, 2.24) is 10.6 Å². The first-order valence-corrected chi connectivity index (χ1v) is 7.29. The van der Waals surface area contributed by atoms with Crippen LogP contribution in [0.5, 0.6) is 0 Å². The van der Waals surface area contributed by atoms with Gasteiger partial charge in [0.15, 0.2) is 0 Å². The van der Waals surface area contributed by atoms with E-state index in [1.807, 2.05) is 44.2 Å².